The van der Waals surface area contributed by atoms with Crippen LogP contribution in [0.1, 0.15) is 137 Å². The second-order valence-electron chi connectivity index (χ2n) is 16.5. The minimum atomic E-state index is 0.476. The molecule has 0 aromatic heterocycles. The Balaban J connectivity index is 0.000000339. The van der Waals surface area contributed by atoms with Crippen molar-refractivity contribution >= 4 is 27.9 Å². The maximum absolute atomic E-state index is 10.6. The van der Waals surface area contributed by atoms with Gasteiger partial charge in [0.15, 0.2) is 0 Å². The highest BCUT2D eigenvalue weighted by Crippen LogP contribution is 2.67. The summed E-state index contributed by atoms with van der Waals surface area (Å²) in [5.74, 6) is 5.71. The molecule has 7 atom stereocenters. The van der Waals surface area contributed by atoms with Gasteiger partial charge in [-0.1, -0.05) is 80.2 Å². The Morgan fingerprint density at radius 2 is 1.72 bits per heavy atom. The van der Waals surface area contributed by atoms with Gasteiger partial charge in [-0.15, -0.1) is 0 Å². The molecule has 0 aliphatic heterocycles. The molecule has 47 heavy (non-hydrogen) atoms. The average molecular weight is 693 g/mol. The van der Waals surface area contributed by atoms with Gasteiger partial charge in [-0.05, 0) is 170 Å². The zero-order valence-electron chi connectivity index (χ0n) is 31.4. The van der Waals surface area contributed by atoms with E-state index in [1.807, 2.05) is 16.4 Å². The second kappa shape index (κ2) is 22.0. The molecular weight excluding hydrogens is 617 g/mol. The Morgan fingerprint density at radius 3 is 2.47 bits per heavy atom. The number of hydrogen-bond donors (Lipinski definition) is 3. The lowest BCUT2D eigenvalue weighted by Gasteiger charge is -2.58. The Labute approximate surface area is 299 Å². The van der Waals surface area contributed by atoms with E-state index in [4.69, 9.17) is 11.5 Å². The fourth-order valence-corrected chi connectivity index (χ4v) is 12.5. The average Bonchev–Trinajstić information content (AvgIpc) is 3.40. The number of carbonyl (C=O) groups is 1. The van der Waals surface area contributed by atoms with E-state index in [2.05, 4.69) is 61.8 Å². The van der Waals surface area contributed by atoms with E-state index in [1.54, 1.807) is 0 Å². The summed E-state index contributed by atoms with van der Waals surface area (Å²) < 4.78 is 0. The third kappa shape index (κ3) is 12.6. The van der Waals surface area contributed by atoms with Gasteiger partial charge in [-0.25, -0.2) is 0 Å². The number of rotatable bonds is 21. The summed E-state index contributed by atoms with van der Waals surface area (Å²) in [5, 5.41) is 4.15. The molecule has 0 aromatic carbocycles. The van der Waals surface area contributed by atoms with Crippen molar-refractivity contribution in [3.8, 4) is 0 Å². The van der Waals surface area contributed by atoms with E-state index in [-0.39, 0.29) is 0 Å². The summed E-state index contributed by atoms with van der Waals surface area (Å²) in [6, 6.07) is 0. The molecule has 7 heteroatoms. The third-order valence-corrected chi connectivity index (χ3v) is 15.7. The van der Waals surface area contributed by atoms with Crippen LogP contribution < -0.4 is 16.8 Å². The van der Waals surface area contributed by atoms with Crippen LogP contribution in [0.15, 0.2) is 11.6 Å². The number of unbranched alkanes of at least 4 members (excludes halogenated alkanes) is 2. The topological polar surface area (TPSA) is 84.4 Å². The van der Waals surface area contributed by atoms with Crippen LogP contribution in [-0.2, 0) is 4.79 Å². The molecule has 274 valence electrons. The first-order valence-electron chi connectivity index (χ1n) is 19.9. The number of fused-ring (bicyclic) bond motifs is 5. The Kier molecular flexibility index (Phi) is 19.4. The molecule has 0 radical (unpaired) electrons. The number of nitrogens with zero attached hydrogens (tertiary/aromatic N) is 1. The molecule has 5 N–H and O–H groups in total. The molecule has 4 aliphatic rings. The van der Waals surface area contributed by atoms with E-state index in [0.29, 0.717) is 17.3 Å². The smallest absolute Gasteiger partial charge is 0.120 e. The van der Waals surface area contributed by atoms with E-state index >= 15 is 0 Å². The van der Waals surface area contributed by atoms with Crippen molar-refractivity contribution in [3.05, 3.63) is 11.6 Å². The summed E-state index contributed by atoms with van der Waals surface area (Å²) in [6.45, 7) is 16.2. The second-order valence-corrected chi connectivity index (χ2v) is 19.3. The van der Waals surface area contributed by atoms with Crippen LogP contribution in [0.5, 0.6) is 0 Å². The van der Waals surface area contributed by atoms with Crippen LogP contribution in [-0.4, -0.2) is 68.5 Å². The van der Waals surface area contributed by atoms with Gasteiger partial charge in [0.05, 0.1) is 0 Å². The number of allylic oxidation sites excluding steroid dienone is 2. The maximum Gasteiger partial charge on any atom is 0.120 e. The number of aldehydes is 1. The molecule has 0 amide bonds. The van der Waals surface area contributed by atoms with Gasteiger partial charge in [0.1, 0.15) is 6.29 Å². The van der Waals surface area contributed by atoms with Gasteiger partial charge in [0, 0.05) is 17.4 Å². The first kappa shape index (κ1) is 41.4. The Bertz CT molecular complexity index is 901. The highest BCUT2D eigenvalue weighted by molar-refractivity contribution is 8.76. The van der Waals surface area contributed by atoms with Crippen LogP contribution in [0.4, 0.5) is 0 Å². The summed E-state index contributed by atoms with van der Waals surface area (Å²) >= 11 is 0. The van der Waals surface area contributed by atoms with E-state index in [0.717, 1.165) is 92.4 Å². The van der Waals surface area contributed by atoms with Crippen molar-refractivity contribution in [1.29, 1.82) is 0 Å². The lowest BCUT2D eigenvalue weighted by atomic mass is 9.47. The zero-order valence-corrected chi connectivity index (χ0v) is 33.0. The molecule has 4 aliphatic carbocycles. The highest BCUT2D eigenvalue weighted by Gasteiger charge is 2.58. The van der Waals surface area contributed by atoms with Crippen molar-refractivity contribution in [1.82, 2.24) is 10.2 Å². The summed E-state index contributed by atoms with van der Waals surface area (Å²) in [7, 11) is 6.15. The van der Waals surface area contributed by atoms with Crippen LogP contribution in [0.3, 0.4) is 0 Å². The Morgan fingerprint density at radius 1 is 0.957 bits per heavy atom. The molecule has 3 fully saturated rings. The predicted octanol–water partition coefficient (Wildman–Crippen LogP) is 9.11. The molecule has 0 bridgehead atoms. The fraction of sp³-hybridized carbons (Fsp3) is 0.925. The van der Waals surface area contributed by atoms with Gasteiger partial charge in [0.25, 0.3) is 0 Å². The van der Waals surface area contributed by atoms with Gasteiger partial charge in [-0.2, -0.15) is 0 Å². The molecule has 0 heterocycles. The van der Waals surface area contributed by atoms with E-state index in [1.165, 1.54) is 96.4 Å². The largest absolute Gasteiger partial charge is 0.330 e. The SMILES string of the molecule is CC(C)CCCCC1CCC2C3CC=C4CC(SSCCC=O)CCC4(C)C3CCC12C.CN(CCCN)CCCCNCCCN. The molecule has 4 rings (SSSR count). The standard InChI is InChI=1S/C29H48OS2.C11H28N4/c1-21(2)8-5-6-9-22-11-13-26-25-12-10-23-20-24(32-31-19-7-18-30)14-16-29(23,4)27(25)15-17-28(22,26)3;1-15(11-5-7-13)10-3-2-8-14-9-4-6-12/h10,18,21-22,24-27H,5-9,11-17,19-20H2,1-4H3;14H,2-13H2,1H3. The normalized spacial score (nSPS) is 31.5. The van der Waals surface area contributed by atoms with Crippen LogP contribution >= 0.6 is 21.6 Å². The van der Waals surface area contributed by atoms with Crippen molar-refractivity contribution in [2.75, 3.05) is 52.1 Å². The first-order chi connectivity index (χ1) is 22.7. The van der Waals surface area contributed by atoms with Crippen molar-refractivity contribution in [2.24, 2.45) is 51.9 Å². The summed E-state index contributed by atoms with van der Waals surface area (Å²) in [4.78, 5) is 13.0. The molecule has 0 aromatic rings. The van der Waals surface area contributed by atoms with Crippen molar-refractivity contribution in [3.63, 3.8) is 0 Å². The minimum Gasteiger partial charge on any atom is -0.330 e. The van der Waals surface area contributed by atoms with Crippen LogP contribution in [0.25, 0.3) is 0 Å². The van der Waals surface area contributed by atoms with Crippen molar-refractivity contribution in [2.45, 2.75) is 142 Å². The molecule has 7 unspecified atom stereocenters. The maximum atomic E-state index is 10.6. The first-order valence-corrected chi connectivity index (χ1v) is 22.3. The quantitative estimate of drug-likeness (QED) is 0.0479. The molecule has 0 saturated heterocycles. The monoisotopic (exact) mass is 693 g/mol. The van der Waals surface area contributed by atoms with Crippen LogP contribution in [0, 0.1) is 40.4 Å². The van der Waals surface area contributed by atoms with E-state index < -0.39 is 0 Å². The summed E-state index contributed by atoms with van der Waals surface area (Å²) in [5.41, 5.74) is 13.8. The van der Waals surface area contributed by atoms with Crippen LogP contribution in [0.2, 0.25) is 0 Å². The van der Waals surface area contributed by atoms with Gasteiger partial charge < -0.3 is 26.5 Å². The third-order valence-electron chi connectivity index (χ3n) is 12.8. The Hall–Kier alpha value is -0.0500. The minimum absolute atomic E-state index is 0.476. The lowest BCUT2D eigenvalue weighted by molar-refractivity contribution is -0.107. The predicted molar refractivity (Wildman–Crippen MR) is 210 cm³/mol. The van der Waals surface area contributed by atoms with Crippen molar-refractivity contribution < 1.29 is 4.79 Å². The zero-order chi connectivity index (χ0) is 34.1. The number of nitrogens with one attached hydrogen (secondary N) is 1. The molecule has 0 spiro atoms. The molecule has 3 saturated carbocycles. The molecular formula is C40H76N4OS2. The van der Waals surface area contributed by atoms with E-state index in [9.17, 15) is 4.79 Å². The van der Waals surface area contributed by atoms with Gasteiger partial charge in [-0.3, -0.25) is 0 Å². The summed E-state index contributed by atoms with van der Waals surface area (Å²) in [6.07, 6.45) is 26.4. The number of nitrogens with two attached hydrogens (primary N) is 2. The number of hydrogen-bond acceptors (Lipinski definition) is 7. The van der Waals surface area contributed by atoms with Gasteiger partial charge >= 0.3 is 0 Å². The number of carbonyl (C=O) groups excluding carboxylic acids is 1. The lowest BCUT2D eigenvalue weighted by Crippen LogP contribution is -2.50. The fourth-order valence-electron chi connectivity index (χ4n) is 9.93. The molecule has 5 nitrogen and oxygen atoms in total. The van der Waals surface area contributed by atoms with Gasteiger partial charge in [0.2, 0.25) is 0 Å². The highest BCUT2D eigenvalue weighted by atomic mass is 33.1.